The molecule has 2 rings (SSSR count). The summed E-state index contributed by atoms with van der Waals surface area (Å²) in [5.74, 6) is 1.52. The molecule has 0 atom stereocenters. The Morgan fingerprint density at radius 1 is 1.19 bits per heavy atom. The summed E-state index contributed by atoms with van der Waals surface area (Å²) in [6.45, 7) is 4.69. The molecule has 0 fully saturated rings. The summed E-state index contributed by atoms with van der Waals surface area (Å²) in [5, 5.41) is 0. The summed E-state index contributed by atoms with van der Waals surface area (Å²) in [5.41, 5.74) is 0.780. The predicted molar refractivity (Wildman–Crippen MR) is 105 cm³/mol. The Hall–Kier alpha value is -2.18. The largest absolute Gasteiger partial charge is 0.493 e. The summed E-state index contributed by atoms with van der Waals surface area (Å²) >= 11 is 7.44. The lowest BCUT2D eigenvalue weighted by Crippen LogP contribution is -2.31. The second kappa shape index (κ2) is 9.50. The van der Waals surface area contributed by atoms with Crippen molar-refractivity contribution >= 4 is 28.8 Å². The molecule has 0 aliphatic heterocycles. The molecule has 1 aromatic heterocycles. The fourth-order valence-electron chi connectivity index (χ4n) is 2.56. The second-order valence-corrected chi connectivity index (χ2v) is 7.28. The van der Waals surface area contributed by atoms with Crippen molar-refractivity contribution in [2.75, 3.05) is 27.9 Å². The number of thiophene rings is 1. The van der Waals surface area contributed by atoms with E-state index in [-0.39, 0.29) is 12.3 Å². The Morgan fingerprint density at radius 2 is 1.85 bits per heavy atom. The summed E-state index contributed by atoms with van der Waals surface area (Å²) < 4.78 is 16.7. The third-order valence-electron chi connectivity index (χ3n) is 3.76. The normalized spacial score (nSPS) is 10.3. The molecule has 0 bridgehead atoms. The van der Waals surface area contributed by atoms with E-state index >= 15 is 0 Å². The molecule has 26 heavy (non-hydrogen) atoms. The molecule has 0 unspecified atom stereocenters. The lowest BCUT2D eigenvalue weighted by molar-refractivity contribution is -0.130. The Morgan fingerprint density at radius 3 is 2.31 bits per heavy atom. The lowest BCUT2D eigenvalue weighted by atomic mass is 10.1. The third kappa shape index (κ3) is 4.93. The van der Waals surface area contributed by atoms with Crippen LogP contribution in [0.5, 0.6) is 17.2 Å². The van der Waals surface area contributed by atoms with Crippen LogP contribution in [0.15, 0.2) is 36.9 Å². The van der Waals surface area contributed by atoms with Crippen molar-refractivity contribution < 1.29 is 19.0 Å². The van der Waals surface area contributed by atoms with E-state index in [1.807, 2.05) is 12.1 Å². The Labute approximate surface area is 162 Å². The van der Waals surface area contributed by atoms with Gasteiger partial charge >= 0.3 is 0 Å². The number of nitrogens with zero attached hydrogens (tertiary/aromatic N) is 1. The van der Waals surface area contributed by atoms with Gasteiger partial charge in [0.2, 0.25) is 11.7 Å². The smallest absolute Gasteiger partial charge is 0.227 e. The van der Waals surface area contributed by atoms with Gasteiger partial charge in [-0.25, -0.2) is 0 Å². The number of hydrogen-bond acceptors (Lipinski definition) is 5. The van der Waals surface area contributed by atoms with Crippen LogP contribution in [0, 0.1) is 0 Å². The number of hydrogen-bond donors (Lipinski definition) is 0. The quantitative estimate of drug-likeness (QED) is 0.597. The minimum absolute atomic E-state index is 0.0244. The standard InChI is InChI=1S/C19H22ClNO4S/c1-5-8-21(12-14-6-7-17(20)26-14)18(22)11-13-9-15(23-2)19(25-4)16(10-13)24-3/h5-7,9-10H,1,8,11-12H2,2-4H3. The number of benzene rings is 1. The van der Waals surface area contributed by atoms with Gasteiger partial charge in [-0.2, -0.15) is 0 Å². The van der Waals surface area contributed by atoms with E-state index in [0.29, 0.717) is 34.7 Å². The topological polar surface area (TPSA) is 48.0 Å². The lowest BCUT2D eigenvalue weighted by Gasteiger charge is -2.21. The summed E-state index contributed by atoms with van der Waals surface area (Å²) in [6.07, 6.45) is 1.92. The highest BCUT2D eigenvalue weighted by Gasteiger charge is 2.18. The van der Waals surface area contributed by atoms with E-state index in [1.165, 1.54) is 11.3 Å². The molecule has 0 saturated heterocycles. The molecular formula is C19H22ClNO4S. The molecule has 0 spiro atoms. The van der Waals surface area contributed by atoms with Crippen LogP contribution >= 0.6 is 22.9 Å². The molecule has 140 valence electrons. The van der Waals surface area contributed by atoms with Crippen LogP contribution in [0.3, 0.4) is 0 Å². The van der Waals surface area contributed by atoms with E-state index in [9.17, 15) is 4.79 Å². The third-order valence-corrected chi connectivity index (χ3v) is 4.97. The van der Waals surface area contributed by atoms with Crippen molar-refractivity contribution in [3.8, 4) is 17.2 Å². The predicted octanol–water partition coefficient (Wildman–Crippen LogP) is 4.18. The van der Waals surface area contributed by atoms with Crippen LogP contribution in [0.2, 0.25) is 4.34 Å². The molecule has 0 aliphatic rings. The fraction of sp³-hybridized carbons (Fsp3) is 0.316. The van der Waals surface area contributed by atoms with E-state index < -0.39 is 0 Å². The van der Waals surface area contributed by atoms with Gasteiger partial charge in [-0.1, -0.05) is 17.7 Å². The van der Waals surface area contributed by atoms with Gasteiger partial charge < -0.3 is 19.1 Å². The maximum Gasteiger partial charge on any atom is 0.227 e. The molecule has 1 heterocycles. The highest BCUT2D eigenvalue weighted by molar-refractivity contribution is 7.16. The maximum atomic E-state index is 12.8. The summed E-state index contributed by atoms with van der Waals surface area (Å²) in [4.78, 5) is 15.6. The van der Waals surface area contributed by atoms with Gasteiger partial charge in [0.15, 0.2) is 11.5 Å². The monoisotopic (exact) mass is 395 g/mol. The van der Waals surface area contributed by atoms with Crippen LogP contribution in [0.4, 0.5) is 0 Å². The summed E-state index contributed by atoms with van der Waals surface area (Å²) in [7, 11) is 4.64. The van der Waals surface area contributed by atoms with Gasteiger partial charge in [-0.15, -0.1) is 17.9 Å². The van der Waals surface area contributed by atoms with Gasteiger partial charge in [0, 0.05) is 11.4 Å². The van der Waals surface area contributed by atoms with Gasteiger partial charge in [-0.05, 0) is 29.8 Å². The molecule has 0 saturated carbocycles. The van der Waals surface area contributed by atoms with Crippen molar-refractivity contribution in [2.45, 2.75) is 13.0 Å². The maximum absolute atomic E-state index is 12.8. The fourth-order valence-corrected chi connectivity index (χ4v) is 3.66. The Kier molecular flexibility index (Phi) is 7.36. The number of methoxy groups -OCH3 is 3. The highest BCUT2D eigenvalue weighted by atomic mass is 35.5. The van der Waals surface area contributed by atoms with Gasteiger partial charge in [-0.3, -0.25) is 4.79 Å². The number of carbonyl (C=O) groups is 1. The van der Waals surface area contributed by atoms with E-state index in [1.54, 1.807) is 44.4 Å². The zero-order chi connectivity index (χ0) is 19.1. The Bertz CT molecular complexity index is 750. The van der Waals surface area contributed by atoms with Gasteiger partial charge in [0.25, 0.3) is 0 Å². The first-order valence-corrected chi connectivity index (χ1v) is 9.13. The first kappa shape index (κ1) is 20.1. The average molecular weight is 396 g/mol. The number of halogens is 1. The van der Waals surface area contributed by atoms with Crippen molar-refractivity contribution in [1.82, 2.24) is 4.90 Å². The molecule has 1 aromatic carbocycles. The number of carbonyl (C=O) groups excluding carboxylic acids is 1. The zero-order valence-corrected chi connectivity index (χ0v) is 16.7. The van der Waals surface area contributed by atoms with Gasteiger partial charge in [0.05, 0.1) is 38.6 Å². The van der Waals surface area contributed by atoms with Crippen molar-refractivity contribution in [2.24, 2.45) is 0 Å². The van der Waals surface area contributed by atoms with Crippen molar-refractivity contribution in [3.63, 3.8) is 0 Å². The van der Waals surface area contributed by atoms with E-state index in [0.717, 1.165) is 10.4 Å². The first-order valence-electron chi connectivity index (χ1n) is 7.94. The van der Waals surface area contributed by atoms with Gasteiger partial charge in [0.1, 0.15) is 0 Å². The Balaban J connectivity index is 2.21. The molecule has 1 amide bonds. The molecule has 2 aromatic rings. The van der Waals surface area contributed by atoms with Crippen LogP contribution < -0.4 is 14.2 Å². The van der Waals surface area contributed by atoms with E-state index in [2.05, 4.69) is 6.58 Å². The minimum atomic E-state index is -0.0244. The van der Waals surface area contributed by atoms with E-state index in [4.69, 9.17) is 25.8 Å². The van der Waals surface area contributed by atoms with Crippen LogP contribution in [-0.2, 0) is 17.8 Å². The molecule has 0 radical (unpaired) electrons. The number of amides is 1. The molecular weight excluding hydrogens is 374 g/mol. The molecule has 5 nitrogen and oxygen atoms in total. The number of rotatable bonds is 9. The SMILES string of the molecule is C=CCN(Cc1ccc(Cl)s1)C(=O)Cc1cc(OC)c(OC)c(OC)c1. The van der Waals surface area contributed by atoms with Crippen LogP contribution in [0.1, 0.15) is 10.4 Å². The van der Waals surface area contributed by atoms with Crippen LogP contribution in [0.25, 0.3) is 0 Å². The molecule has 7 heteroatoms. The average Bonchev–Trinajstić information content (AvgIpc) is 3.05. The van der Waals surface area contributed by atoms with Crippen molar-refractivity contribution in [1.29, 1.82) is 0 Å². The number of ether oxygens (including phenoxy) is 3. The van der Waals surface area contributed by atoms with Crippen LogP contribution in [-0.4, -0.2) is 38.7 Å². The second-order valence-electron chi connectivity index (χ2n) is 5.48. The molecule has 0 N–H and O–H groups in total. The first-order chi connectivity index (χ1) is 12.5. The molecule has 0 aliphatic carbocycles. The highest BCUT2D eigenvalue weighted by Crippen LogP contribution is 2.38. The van der Waals surface area contributed by atoms with Crippen molar-refractivity contribution in [3.05, 3.63) is 51.7 Å². The summed E-state index contributed by atoms with van der Waals surface area (Å²) in [6, 6.07) is 7.33. The zero-order valence-electron chi connectivity index (χ0n) is 15.1. The minimum Gasteiger partial charge on any atom is -0.493 e.